The van der Waals surface area contributed by atoms with Crippen molar-refractivity contribution in [1.82, 2.24) is 4.72 Å². The van der Waals surface area contributed by atoms with E-state index >= 15 is 0 Å². The van der Waals surface area contributed by atoms with Crippen LogP contribution in [0.3, 0.4) is 0 Å². The fourth-order valence-electron chi connectivity index (χ4n) is 0.815. The minimum atomic E-state index is -0.531. The highest BCUT2D eigenvalue weighted by atomic mass is 32.2. The molecule has 0 fully saturated rings. The van der Waals surface area contributed by atoms with Gasteiger partial charge in [-0.15, -0.1) is 0 Å². The van der Waals surface area contributed by atoms with Gasteiger partial charge in [-0.05, 0) is 6.07 Å². The minimum Gasteiger partial charge on any atom is -0.317 e. The molecule has 0 spiro atoms. The van der Waals surface area contributed by atoms with Crippen molar-refractivity contribution in [3.8, 4) is 5.75 Å². The standard InChI is InChI=1S/C8H10N2O4S/c1-2-9-15-14-13-8-6-4-3-5-7(8)10(11)12/h3-6,9H,2H2,1H3. The van der Waals surface area contributed by atoms with E-state index in [2.05, 4.69) is 9.06 Å². The molecule has 15 heavy (non-hydrogen) atoms. The fourth-order valence-corrected chi connectivity index (χ4v) is 1.09. The van der Waals surface area contributed by atoms with Crippen LogP contribution in [0.25, 0.3) is 0 Å². The van der Waals surface area contributed by atoms with E-state index in [1.54, 1.807) is 12.1 Å². The van der Waals surface area contributed by atoms with E-state index in [9.17, 15) is 10.1 Å². The molecule has 6 nitrogen and oxygen atoms in total. The van der Waals surface area contributed by atoms with Crippen LogP contribution in [0.5, 0.6) is 5.75 Å². The molecule has 0 aliphatic rings. The SMILES string of the molecule is CCNSOOc1ccccc1[N+](=O)[O-]. The van der Waals surface area contributed by atoms with E-state index in [1.165, 1.54) is 12.1 Å². The summed E-state index contributed by atoms with van der Waals surface area (Å²) < 4.78 is 7.42. The normalized spacial score (nSPS) is 9.93. The van der Waals surface area contributed by atoms with Crippen molar-refractivity contribution in [2.24, 2.45) is 0 Å². The number of hydrogen-bond acceptors (Lipinski definition) is 6. The van der Waals surface area contributed by atoms with Gasteiger partial charge in [0.2, 0.25) is 5.75 Å². The van der Waals surface area contributed by atoms with Gasteiger partial charge in [-0.3, -0.25) is 10.1 Å². The van der Waals surface area contributed by atoms with E-state index in [0.29, 0.717) is 6.54 Å². The second kappa shape index (κ2) is 6.23. The summed E-state index contributed by atoms with van der Waals surface area (Å²) >= 11 is 0.874. The van der Waals surface area contributed by atoms with Crippen LogP contribution in [0.4, 0.5) is 5.69 Å². The number of para-hydroxylation sites is 2. The van der Waals surface area contributed by atoms with E-state index in [1.807, 2.05) is 6.92 Å². The van der Waals surface area contributed by atoms with Gasteiger partial charge in [0.15, 0.2) is 0 Å². The molecule has 0 aromatic heterocycles. The molecule has 0 heterocycles. The van der Waals surface area contributed by atoms with Crippen LogP contribution in [-0.4, -0.2) is 11.5 Å². The molecule has 0 radical (unpaired) electrons. The Morgan fingerprint density at radius 3 is 2.93 bits per heavy atom. The molecule has 0 bridgehead atoms. The predicted octanol–water partition coefficient (Wildman–Crippen LogP) is 2.08. The second-order valence-electron chi connectivity index (χ2n) is 2.46. The highest BCUT2D eigenvalue weighted by molar-refractivity contribution is 7.92. The average molecular weight is 230 g/mol. The molecule has 1 rings (SSSR count). The molecule has 0 saturated carbocycles. The summed E-state index contributed by atoms with van der Waals surface area (Å²) in [4.78, 5) is 14.8. The van der Waals surface area contributed by atoms with Gasteiger partial charge in [-0.2, -0.15) is 0 Å². The number of nitrogens with zero attached hydrogens (tertiary/aromatic N) is 1. The first-order chi connectivity index (χ1) is 7.25. The lowest BCUT2D eigenvalue weighted by atomic mass is 10.3. The van der Waals surface area contributed by atoms with Gasteiger partial charge in [0, 0.05) is 12.6 Å². The molecule has 0 amide bonds. The maximum absolute atomic E-state index is 10.6. The molecule has 1 N–H and O–H groups in total. The summed E-state index contributed by atoms with van der Waals surface area (Å²) in [6.07, 6.45) is 0. The van der Waals surface area contributed by atoms with Gasteiger partial charge in [0.1, 0.15) is 12.2 Å². The molecule has 0 aliphatic carbocycles. The zero-order valence-corrected chi connectivity index (χ0v) is 8.82. The highest BCUT2D eigenvalue weighted by Gasteiger charge is 2.14. The van der Waals surface area contributed by atoms with Crippen LogP contribution < -0.4 is 9.61 Å². The summed E-state index contributed by atoms with van der Waals surface area (Å²) in [6, 6.07) is 5.99. The summed E-state index contributed by atoms with van der Waals surface area (Å²) in [5.74, 6) is 0.0768. The van der Waals surface area contributed by atoms with E-state index < -0.39 is 4.92 Å². The van der Waals surface area contributed by atoms with Crippen molar-refractivity contribution < 1.29 is 14.1 Å². The van der Waals surface area contributed by atoms with Gasteiger partial charge in [-0.1, -0.05) is 23.4 Å². The molecule has 0 aliphatic heterocycles. The third-order valence-corrected chi connectivity index (χ3v) is 1.97. The Morgan fingerprint density at radius 2 is 2.27 bits per heavy atom. The number of rotatable bonds is 6. The van der Waals surface area contributed by atoms with Gasteiger partial charge in [-0.25, -0.2) is 4.72 Å². The Hall–Kier alpha value is -1.31. The fraction of sp³-hybridized carbons (Fsp3) is 0.250. The third kappa shape index (κ3) is 3.74. The van der Waals surface area contributed by atoms with Gasteiger partial charge < -0.3 is 4.89 Å². The van der Waals surface area contributed by atoms with Crippen LogP contribution in [-0.2, 0) is 4.33 Å². The van der Waals surface area contributed by atoms with Crippen molar-refractivity contribution in [3.63, 3.8) is 0 Å². The topological polar surface area (TPSA) is 73.6 Å². The summed E-state index contributed by atoms with van der Waals surface area (Å²) in [6.45, 7) is 2.59. The van der Waals surface area contributed by atoms with Gasteiger partial charge >= 0.3 is 5.69 Å². The van der Waals surface area contributed by atoms with E-state index in [4.69, 9.17) is 4.89 Å². The van der Waals surface area contributed by atoms with Crippen LogP contribution in [0.15, 0.2) is 24.3 Å². The van der Waals surface area contributed by atoms with Crippen molar-refractivity contribution in [3.05, 3.63) is 34.4 Å². The lowest BCUT2D eigenvalue weighted by Crippen LogP contribution is -2.04. The van der Waals surface area contributed by atoms with Crippen molar-refractivity contribution >= 4 is 17.9 Å². The van der Waals surface area contributed by atoms with Crippen LogP contribution >= 0.6 is 12.2 Å². The molecular weight excluding hydrogens is 220 g/mol. The smallest absolute Gasteiger partial charge is 0.315 e. The summed E-state index contributed by atoms with van der Waals surface area (Å²) in [5, 5.41) is 10.6. The first kappa shape index (κ1) is 11.8. The number of nitrogens with one attached hydrogen (secondary N) is 1. The quantitative estimate of drug-likeness (QED) is 0.201. The van der Waals surface area contributed by atoms with Crippen LogP contribution in [0.1, 0.15) is 6.92 Å². The Labute approximate surface area is 91.0 Å². The number of hydrogen-bond donors (Lipinski definition) is 1. The van der Waals surface area contributed by atoms with Gasteiger partial charge in [0.25, 0.3) is 0 Å². The third-order valence-electron chi connectivity index (χ3n) is 1.42. The molecule has 1 aromatic carbocycles. The lowest BCUT2D eigenvalue weighted by molar-refractivity contribution is -0.387. The van der Waals surface area contributed by atoms with Crippen molar-refractivity contribution in [2.75, 3.05) is 6.54 Å². The molecule has 0 atom stereocenters. The maximum Gasteiger partial charge on any atom is 0.315 e. The van der Waals surface area contributed by atoms with Crippen LogP contribution in [0, 0.1) is 10.1 Å². The number of benzene rings is 1. The molecule has 7 heteroatoms. The number of nitro groups is 1. The first-order valence-electron chi connectivity index (χ1n) is 4.22. The maximum atomic E-state index is 10.6. The lowest BCUT2D eigenvalue weighted by Gasteiger charge is -2.03. The monoisotopic (exact) mass is 230 g/mol. The largest absolute Gasteiger partial charge is 0.317 e. The van der Waals surface area contributed by atoms with Crippen molar-refractivity contribution in [2.45, 2.75) is 6.92 Å². The Bertz CT molecular complexity index is 334. The molecular formula is C8H10N2O4S. The zero-order chi connectivity index (χ0) is 11.1. The first-order valence-corrected chi connectivity index (χ1v) is 4.96. The predicted molar refractivity (Wildman–Crippen MR) is 56.1 cm³/mol. The summed E-state index contributed by atoms with van der Waals surface area (Å²) in [5.41, 5.74) is -0.130. The Kier molecular flexibility index (Phi) is 4.88. The zero-order valence-electron chi connectivity index (χ0n) is 8.00. The van der Waals surface area contributed by atoms with E-state index in [0.717, 1.165) is 12.2 Å². The molecule has 1 aromatic rings. The Balaban J connectivity index is 2.56. The van der Waals surface area contributed by atoms with Crippen molar-refractivity contribution in [1.29, 1.82) is 0 Å². The van der Waals surface area contributed by atoms with Gasteiger partial charge in [0.05, 0.1) is 4.92 Å². The molecule has 0 unspecified atom stereocenters. The molecule has 0 saturated heterocycles. The number of nitro benzene ring substituents is 1. The summed E-state index contributed by atoms with van der Waals surface area (Å²) in [7, 11) is 0. The second-order valence-corrected chi connectivity index (χ2v) is 3.05. The Morgan fingerprint density at radius 1 is 1.53 bits per heavy atom. The average Bonchev–Trinajstić information content (AvgIpc) is 2.25. The highest BCUT2D eigenvalue weighted by Crippen LogP contribution is 2.26. The minimum absolute atomic E-state index is 0.0768. The van der Waals surface area contributed by atoms with E-state index in [-0.39, 0.29) is 11.4 Å². The van der Waals surface area contributed by atoms with Crippen LogP contribution in [0.2, 0.25) is 0 Å². The molecule has 82 valence electrons.